The van der Waals surface area contributed by atoms with Gasteiger partial charge in [-0.2, -0.15) is 0 Å². The minimum atomic E-state index is -0.905. The predicted molar refractivity (Wildman–Crippen MR) is 157 cm³/mol. The van der Waals surface area contributed by atoms with E-state index in [-0.39, 0.29) is 12.8 Å². The number of carboxylic acids is 2. The van der Waals surface area contributed by atoms with E-state index in [1.807, 2.05) is 89.6 Å². The van der Waals surface area contributed by atoms with Crippen molar-refractivity contribution < 1.29 is 29.3 Å². The molecule has 40 heavy (non-hydrogen) atoms. The third-order valence-corrected chi connectivity index (χ3v) is 6.58. The van der Waals surface area contributed by atoms with E-state index in [0.29, 0.717) is 31.7 Å². The molecule has 4 aromatic rings. The van der Waals surface area contributed by atoms with Crippen LogP contribution in [0.1, 0.15) is 47.9 Å². The number of rotatable bonds is 15. The van der Waals surface area contributed by atoms with Crippen molar-refractivity contribution in [1.82, 2.24) is 4.57 Å². The molecule has 1 aromatic heterocycles. The number of hydrogen-bond acceptors (Lipinski definition) is 4. The molecular weight excluding hydrogens is 506 g/mol. The summed E-state index contributed by atoms with van der Waals surface area (Å²) in [6, 6.07) is 21.8. The van der Waals surface area contributed by atoms with Crippen LogP contribution in [-0.2, 0) is 22.6 Å². The maximum absolute atomic E-state index is 11.5. The predicted octanol–water partition coefficient (Wildman–Crippen LogP) is 6.85. The van der Waals surface area contributed by atoms with E-state index >= 15 is 0 Å². The van der Waals surface area contributed by atoms with Crippen LogP contribution in [0, 0.1) is 6.92 Å². The summed E-state index contributed by atoms with van der Waals surface area (Å²) in [6.45, 7) is 3.84. The molecule has 0 saturated heterocycles. The Hall–Kier alpha value is -4.52. The van der Waals surface area contributed by atoms with Crippen molar-refractivity contribution in [1.29, 1.82) is 0 Å². The molecule has 3 aromatic carbocycles. The van der Waals surface area contributed by atoms with Crippen LogP contribution in [0.5, 0.6) is 11.5 Å². The molecule has 0 amide bonds. The zero-order valence-corrected chi connectivity index (χ0v) is 22.7. The van der Waals surface area contributed by atoms with E-state index in [9.17, 15) is 14.7 Å². The van der Waals surface area contributed by atoms with Crippen LogP contribution >= 0.6 is 0 Å². The fraction of sp³-hybridized carbons (Fsp3) is 0.273. The van der Waals surface area contributed by atoms with Gasteiger partial charge in [0, 0.05) is 30.1 Å². The van der Waals surface area contributed by atoms with E-state index in [0.717, 1.165) is 46.4 Å². The van der Waals surface area contributed by atoms with Gasteiger partial charge in [0.1, 0.15) is 11.5 Å². The lowest BCUT2D eigenvalue weighted by atomic mass is 10.0. The summed E-state index contributed by atoms with van der Waals surface area (Å²) in [5.41, 5.74) is 4.74. The maximum atomic E-state index is 11.5. The van der Waals surface area contributed by atoms with Crippen LogP contribution in [0.15, 0.2) is 72.9 Å². The van der Waals surface area contributed by atoms with Crippen molar-refractivity contribution >= 4 is 35.0 Å². The Balaban J connectivity index is 1.34. The Labute approximate surface area is 234 Å². The summed E-state index contributed by atoms with van der Waals surface area (Å²) < 4.78 is 13.6. The van der Waals surface area contributed by atoms with Gasteiger partial charge < -0.3 is 24.3 Å². The van der Waals surface area contributed by atoms with Crippen molar-refractivity contribution in [2.24, 2.45) is 0 Å². The molecule has 0 aliphatic heterocycles. The molecule has 2 N–H and O–H groups in total. The highest BCUT2D eigenvalue weighted by atomic mass is 16.5. The number of fused-ring (bicyclic) bond motifs is 1. The standard InChI is InChI=1S/C33H35NO6/c1-24-9-15-28(16-10-24)39-20-2-3-21-40-29-17-12-25(13-18-29)11-14-26-6-4-7-30-33(26)27(22-32(37)38)23-34(30)19-5-8-31(35)36/h4,6-7,9-18,23H,2-3,5,8,19-22H2,1H3,(H,35,36)(H,37,38). The minimum Gasteiger partial charge on any atom is -0.494 e. The number of ether oxygens (including phenoxy) is 2. The Bertz CT molecular complexity index is 1450. The van der Waals surface area contributed by atoms with Gasteiger partial charge >= 0.3 is 11.9 Å². The zero-order chi connectivity index (χ0) is 28.3. The topological polar surface area (TPSA) is 98.0 Å². The molecule has 0 aliphatic carbocycles. The quantitative estimate of drug-likeness (QED) is 0.126. The Morgan fingerprint density at radius 3 is 2.08 bits per heavy atom. The van der Waals surface area contributed by atoms with Crippen LogP contribution in [-0.4, -0.2) is 39.9 Å². The third kappa shape index (κ3) is 8.24. The van der Waals surface area contributed by atoms with Crippen molar-refractivity contribution in [3.8, 4) is 11.5 Å². The van der Waals surface area contributed by atoms with E-state index in [1.54, 1.807) is 0 Å². The van der Waals surface area contributed by atoms with Gasteiger partial charge in [-0.1, -0.05) is 54.1 Å². The highest BCUT2D eigenvalue weighted by molar-refractivity contribution is 5.96. The average molecular weight is 542 g/mol. The number of nitrogens with zero attached hydrogens (tertiary/aromatic N) is 1. The van der Waals surface area contributed by atoms with Crippen LogP contribution in [0.4, 0.5) is 0 Å². The number of aromatic nitrogens is 1. The summed E-state index contributed by atoms with van der Waals surface area (Å²) in [5, 5.41) is 19.3. The first kappa shape index (κ1) is 28.5. The van der Waals surface area contributed by atoms with Crippen molar-refractivity contribution in [3.05, 3.63) is 95.2 Å². The molecule has 0 radical (unpaired) electrons. The second-order valence-electron chi connectivity index (χ2n) is 9.78. The molecule has 0 spiro atoms. The van der Waals surface area contributed by atoms with E-state index in [1.165, 1.54) is 5.56 Å². The van der Waals surface area contributed by atoms with Crippen LogP contribution in [0.2, 0.25) is 0 Å². The first-order chi connectivity index (χ1) is 19.4. The second kappa shape index (κ2) is 14.0. The molecule has 208 valence electrons. The second-order valence-corrected chi connectivity index (χ2v) is 9.78. The smallest absolute Gasteiger partial charge is 0.307 e. The number of unbranched alkanes of at least 4 members (excludes halogenated alkanes) is 1. The van der Waals surface area contributed by atoms with Crippen LogP contribution < -0.4 is 9.47 Å². The van der Waals surface area contributed by atoms with Gasteiger partial charge in [0.15, 0.2) is 0 Å². The summed E-state index contributed by atoms with van der Waals surface area (Å²) >= 11 is 0. The van der Waals surface area contributed by atoms with Gasteiger partial charge in [0.2, 0.25) is 0 Å². The molecule has 4 rings (SSSR count). The largest absolute Gasteiger partial charge is 0.494 e. The van der Waals surface area contributed by atoms with E-state index < -0.39 is 11.9 Å². The molecule has 0 bridgehead atoms. The molecular formula is C33H35NO6. The maximum Gasteiger partial charge on any atom is 0.307 e. The van der Waals surface area contributed by atoms with Crippen LogP contribution in [0.25, 0.3) is 23.1 Å². The Kier molecular flexibility index (Phi) is 9.99. The lowest BCUT2D eigenvalue weighted by Gasteiger charge is -2.08. The monoisotopic (exact) mass is 541 g/mol. The SMILES string of the molecule is Cc1ccc(OCCCCOc2ccc(C=Cc3cccc4c3c(CC(=O)O)cn4CCCC(=O)O)cc2)cc1. The summed E-state index contributed by atoms with van der Waals surface area (Å²) in [4.78, 5) is 22.5. The third-order valence-electron chi connectivity index (χ3n) is 6.58. The molecule has 0 saturated carbocycles. The number of carbonyl (C=O) groups is 2. The van der Waals surface area contributed by atoms with Crippen LogP contribution in [0.3, 0.4) is 0 Å². The lowest BCUT2D eigenvalue weighted by molar-refractivity contribution is -0.137. The molecule has 7 heteroatoms. The Morgan fingerprint density at radius 1 is 0.800 bits per heavy atom. The summed E-state index contributed by atoms with van der Waals surface area (Å²) in [7, 11) is 0. The van der Waals surface area contributed by atoms with Gasteiger partial charge in [-0.15, -0.1) is 0 Å². The van der Waals surface area contributed by atoms with Gasteiger partial charge in [-0.3, -0.25) is 9.59 Å². The van der Waals surface area contributed by atoms with Crippen molar-refractivity contribution in [2.75, 3.05) is 13.2 Å². The fourth-order valence-corrected chi connectivity index (χ4v) is 4.57. The first-order valence-corrected chi connectivity index (χ1v) is 13.5. The first-order valence-electron chi connectivity index (χ1n) is 13.5. The molecule has 0 aliphatic rings. The van der Waals surface area contributed by atoms with Crippen molar-refractivity contribution in [3.63, 3.8) is 0 Å². The molecule has 0 fully saturated rings. The molecule has 1 heterocycles. The van der Waals surface area contributed by atoms with Gasteiger partial charge in [0.25, 0.3) is 0 Å². The van der Waals surface area contributed by atoms with Gasteiger partial charge in [-0.25, -0.2) is 0 Å². The number of carboxylic acid groups (broad SMARTS) is 2. The van der Waals surface area contributed by atoms with Gasteiger partial charge in [0.05, 0.1) is 19.6 Å². The summed E-state index contributed by atoms with van der Waals surface area (Å²) in [5.74, 6) is -0.0535. The van der Waals surface area contributed by atoms with E-state index in [4.69, 9.17) is 14.6 Å². The molecule has 0 atom stereocenters. The van der Waals surface area contributed by atoms with Crippen molar-refractivity contribution in [2.45, 2.75) is 45.6 Å². The fourth-order valence-electron chi connectivity index (χ4n) is 4.57. The number of aryl methyl sites for hydroxylation is 2. The normalized spacial score (nSPS) is 11.2. The van der Waals surface area contributed by atoms with E-state index in [2.05, 4.69) is 6.92 Å². The average Bonchev–Trinajstić information content (AvgIpc) is 3.28. The number of aliphatic carboxylic acids is 2. The number of hydrogen-bond donors (Lipinski definition) is 2. The molecule has 0 unspecified atom stereocenters. The highest BCUT2D eigenvalue weighted by Crippen LogP contribution is 2.28. The Morgan fingerprint density at radius 2 is 1.45 bits per heavy atom. The zero-order valence-electron chi connectivity index (χ0n) is 22.7. The summed E-state index contributed by atoms with van der Waals surface area (Å²) in [6.07, 6.45) is 8.05. The minimum absolute atomic E-state index is 0.0652. The number of benzene rings is 3. The molecule has 7 nitrogen and oxygen atoms in total. The highest BCUT2D eigenvalue weighted by Gasteiger charge is 2.14. The lowest BCUT2D eigenvalue weighted by Crippen LogP contribution is -2.02. The van der Waals surface area contributed by atoms with Gasteiger partial charge in [-0.05, 0) is 73.2 Å².